The summed E-state index contributed by atoms with van der Waals surface area (Å²) >= 11 is 1.23. The van der Waals surface area contributed by atoms with E-state index in [-0.39, 0.29) is 6.10 Å². The molecule has 1 aliphatic rings. The van der Waals surface area contributed by atoms with E-state index in [9.17, 15) is 8.42 Å². The predicted octanol–water partition coefficient (Wildman–Crippen LogP) is 2.00. The topological polar surface area (TPSA) is 72.4 Å². The van der Waals surface area contributed by atoms with E-state index in [1.807, 2.05) is 19.9 Å². The second kappa shape index (κ2) is 5.94. The fraction of sp³-hybridized carbons (Fsp3) is 0.429. The van der Waals surface area contributed by atoms with Gasteiger partial charge >= 0.3 is 6.01 Å². The van der Waals surface area contributed by atoms with Gasteiger partial charge in [0.1, 0.15) is 10.3 Å². The van der Waals surface area contributed by atoms with Gasteiger partial charge < -0.3 is 4.74 Å². The first kappa shape index (κ1) is 15.4. The summed E-state index contributed by atoms with van der Waals surface area (Å²) in [7, 11) is -3.41. The van der Waals surface area contributed by atoms with Gasteiger partial charge in [-0.15, -0.1) is 11.3 Å². The molecule has 0 aromatic carbocycles. The molecule has 0 N–H and O–H groups in total. The van der Waals surface area contributed by atoms with Crippen LogP contribution in [0, 0.1) is 13.8 Å². The minimum Gasteiger partial charge on any atom is -0.459 e. The minimum atomic E-state index is -3.41. The van der Waals surface area contributed by atoms with Gasteiger partial charge in [0.2, 0.25) is 0 Å². The highest BCUT2D eigenvalue weighted by atomic mass is 32.2. The van der Waals surface area contributed by atoms with Crippen LogP contribution in [-0.4, -0.2) is 41.9 Å². The zero-order valence-electron chi connectivity index (χ0n) is 12.4. The summed E-state index contributed by atoms with van der Waals surface area (Å²) in [6, 6.07) is 5.55. The summed E-state index contributed by atoms with van der Waals surface area (Å²) < 4.78 is 32.5. The Balaban J connectivity index is 1.70. The summed E-state index contributed by atoms with van der Waals surface area (Å²) in [5, 5.41) is 1.76. The largest absolute Gasteiger partial charge is 0.459 e. The molecule has 1 aliphatic heterocycles. The molecule has 8 heteroatoms. The molecular formula is C14H17N3O3S2. The van der Waals surface area contributed by atoms with Gasteiger partial charge in [0.05, 0.1) is 6.54 Å². The van der Waals surface area contributed by atoms with Crippen molar-refractivity contribution in [3.8, 4) is 6.01 Å². The molecular weight excluding hydrogens is 322 g/mol. The van der Waals surface area contributed by atoms with Crippen LogP contribution < -0.4 is 4.74 Å². The molecule has 22 heavy (non-hydrogen) atoms. The lowest BCUT2D eigenvalue weighted by Crippen LogP contribution is -2.30. The number of hydrogen-bond acceptors (Lipinski definition) is 6. The van der Waals surface area contributed by atoms with Crippen LogP contribution in [0.5, 0.6) is 6.01 Å². The van der Waals surface area contributed by atoms with Gasteiger partial charge in [0.25, 0.3) is 10.0 Å². The van der Waals surface area contributed by atoms with Gasteiger partial charge in [-0.3, -0.25) is 0 Å². The van der Waals surface area contributed by atoms with Crippen LogP contribution in [0.4, 0.5) is 0 Å². The molecule has 0 bridgehead atoms. The Labute approximate surface area is 133 Å². The van der Waals surface area contributed by atoms with E-state index in [1.54, 1.807) is 17.5 Å². The third-order valence-electron chi connectivity index (χ3n) is 3.43. The van der Waals surface area contributed by atoms with E-state index in [1.165, 1.54) is 15.6 Å². The molecule has 2 aromatic rings. The molecule has 0 saturated carbocycles. The summed E-state index contributed by atoms with van der Waals surface area (Å²) in [5.41, 5.74) is 1.67. The maximum Gasteiger partial charge on any atom is 0.317 e. The lowest BCUT2D eigenvalue weighted by molar-refractivity contribution is 0.197. The Morgan fingerprint density at radius 1 is 1.32 bits per heavy atom. The number of nitrogens with zero attached hydrogens (tertiary/aromatic N) is 3. The monoisotopic (exact) mass is 339 g/mol. The molecule has 3 rings (SSSR count). The maximum atomic E-state index is 12.5. The number of rotatable bonds is 4. The van der Waals surface area contributed by atoms with Crippen LogP contribution in [-0.2, 0) is 10.0 Å². The highest BCUT2D eigenvalue weighted by molar-refractivity contribution is 7.91. The zero-order chi connectivity index (χ0) is 15.7. The molecule has 0 spiro atoms. The number of aryl methyl sites for hydroxylation is 2. The first-order valence-electron chi connectivity index (χ1n) is 6.98. The van der Waals surface area contributed by atoms with Gasteiger partial charge in [-0.1, -0.05) is 6.07 Å². The Morgan fingerprint density at radius 2 is 2.05 bits per heavy atom. The lowest BCUT2D eigenvalue weighted by Gasteiger charge is -2.15. The average molecular weight is 339 g/mol. The average Bonchev–Trinajstić information content (AvgIpc) is 3.08. The standard InChI is InChI=1S/C14H17N3O3S2/c1-10-8-11(2)16-14(15-10)20-12-5-6-17(9-12)22(18,19)13-4-3-7-21-13/h3-4,7-8,12H,5-6,9H2,1-2H3/t12-/m0/s1. The molecule has 1 saturated heterocycles. The van der Waals surface area contributed by atoms with E-state index < -0.39 is 10.0 Å². The van der Waals surface area contributed by atoms with Crippen molar-refractivity contribution in [2.45, 2.75) is 30.6 Å². The van der Waals surface area contributed by atoms with Crippen molar-refractivity contribution < 1.29 is 13.2 Å². The molecule has 6 nitrogen and oxygen atoms in total. The van der Waals surface area contributed by atoms with Gasteiger partial charge in [-0.05, 0) is 37.8 Å². The molecule has 0 radical (unpaired) electrons. The number of thiophene rings is 1. The Kier molecular flexibility index (Phi) is 4.16. The second-order valence-electron chi connectivity index (χ2n) is 5.26. The van der Waals surface area contributed by atoms with E-state index in [4.69, 9.17) is 4.74 Å². The number of hydrogen-bond donors (Lipinski definition) is 0. The molecule has 0 aliphatic carbocycles. The second-order valence-corrected chi connectivity index (χ2v) is 8.37. The fourth-order valence-corrected chi connectivity index (χ4v) is 5.08. The maximum absolute atomic E-state index is 12.5. The van der Waals surface area contributed by atoms with Gasteiger partial charge in [0.15, 0.2) is 0 Å². The smallest absolute Gasteiger partial charge is 0.317 e. The van der Waals surface area contributed by atoms with E-state index in [2.05, 4.69) is 9.97 Å². The normalized spacial score (nSPS) is 19.5. The summed E-state index contributed by atoms with van der Waals surface area (Å²) in [5.74, 6) is 0. The molecule has 2 aromatic heterocycles. The number of sulfonamides is 1. The molecule has 0 amide bonds. The van der Waals surface area contributed by atoms with Crippen molar-refractivity contribution >= 4 is 21.4 Å². The van der Waals surface area contributed by atoms with Crippen molar-refractivity contribution in [3.63, 3.8) is 0 Å². The molecule has 118 valence electrons. The Bertz CT molecular complexity index is 739. The number of aromatic nitrogens is 2. The predicted molar refractivity (Wildman–Crippen MR) is 83.6 cm³/mol. The quantitative estimate of drug-likeness (QED) is 0.852. The molecule has 1 fully saturated rings. The fourth-order valence-electron chi connectivity index (χ4n) is 2.45. The van der Waals surface area contributed by atoms with Crippen molar-refractivity contribution in [2.75, 3.05) is 13.1 Å². The third kappa shape index (κ3) is 3.13. The third-order valence-corrected chi connectivity index (χ3v) is 6.67. The molecule has 3 heterocycles. The minimum absolute atomic E-state index is 0.212. The van der Waals surface area contributed by atoms with Crippen LogP contribution in [0.1, 0.15) is 17.8 Å². The number of ether oxygens (including phenoxy) is 1. The molecule has 0 unspecified atom stereocenters. The first-order valence-corrected chi connectivity index (χ1v) is 9.30. The molecule has 1 atom stereocenters. The first-order chi connectivity index (χ1) is 10.4. The Hall–Kier alpha value is -1.51. The van der Waals surface area contributed by atoms with Crippen LogP contribution >= 0.6 is 11.3 Å². The van der Waals surface area contributed by atoms with Crippen LogP contribution in [0.25, 0.3) is 0 Å². The van der Waals surface area contributed by atoms with Crippen LogP contribution in [0.15, 0.2) is 27.8 Å². The van der Waals surface area contributed by atoms with Crippen molar-refractivity contribution in [2.24, 2.45) is 0 Å². The van der Waals surface area contributed by atoms with Crippen LogP contribution in [0.3, 0.4) is 0 Å². The zero-order valence-corrected chi connectivity index (χ0v) is 14.0. The SMILES string of the molecule is Cc1cc(C)nc(O[C@H]2CCN(S(=O)(=O)c3cccs3)C2)n1. The van der Waals surface area contributed by atoms with Gasteiger partial charge in [0, 0.05) is 17.9 Å². The van der Waals surface area contributed by atoms with Crippen molar-refractivity contribution in [1.82, 2.24) is 14.3 Å². The summed E-state index contributed by atoms with van der Waals surface area (Å²) in [6.45, 7) is 4.54. The summed E-state index contributed by atoms with van der Waals surface area (Å²) in [4.78, 5) is 8.47. The lowest BCUT2D eigenvalue weighted by atomic mass is 10.3. The summed E-state index contributed by atoms with van der Waals surface area (Å²) in [6.07, 6.45) is 0.428. The van der Waals surface area contributed by atoms with Crippen LogP contribution in [0.2, 0.25) is 0 Å². The van der Waals surface area contributed by atoms with Crippen molar-refractivity contribution in [1.29, 1.82) is 0 Å². The van der Waals surface area contributed by atoms with Crippen molar-refractivity contribution in [3.05, 3.63) is 35.0 Å². The highest BCUT2D eigenvalue weighted by Gasteiger charge is 2.34. The highest BCUT2D eigenvalue weighted by Crippen LogP contribution is 2.25. The van der Waals surface area contributed by atoms with E-state index in [0.717, 1.165) is 11.4 Å². The van der Waals surface area contributed by atoms with Gasteiger partial charge in [-0.25, -0.2) is 18.4 Å². The van der Waals surface area contributed by atoms with E-state index in [0.29, 0.717) is 29.7 Å². The Morgan fingerprint density at radius 3 is 2.68 bits per heavy atom. The van der Waals surface area contributed by atoms with E-state index >= 15 is 0 Å². The van der Waals surface area contributed by atoms with Gasteiger partial charge in [-0.2, -0.15) is 4.31 Å².